The van der Waals surface area contributed by atoms with Crippen molar-refractivity contribution in [1.29, 1.82) is 0 Å². The molecule has 0 aliphatic carbocycles. The standard InChI is InChI=1S/C14H30N2/c1-6-8-12(5)16-10-13(7-2)15-9-14(16)11(3)4/h11-15H,6-10H2,1-5H3. The highest BCUT2D eigenvalue weighted by Gasteiger charge is 2.31. The lowest BCUT2D eigenvalue weighted by atomic mass is 9.95. The fourth-order valence-electron chi connectivity index (χ4n) is 2.84. The molecule has 96 valence electrons. The first kappa shape index (κ1) is 14.0. The molecule has 1 aliphatic rings. The molecule has 1 aliphatic heterocycles. The lowest BCUT2D eigenvalue weighted by Crippen LogP contribution is -2.60. The Hall–Kier alpha value is -0.0800. The van der Waals surface area contributed by atoms with E-state index in [1.165, 1.54) is 32.4 Å². The Morgan fingerprint density at radius 2 is 1.94 bits per heavy atom. The van der Waals surface area contributed by atoms with Crippen LogP contribution in [0.5, 0.6) is 0 Å². The van der Waals surface area contributed by atoms with Crippen LogP contribution in [-0.4, -0.2) is 36.1 Å². The van der Waals surface area contributed by atoms with E-state index in [2.05, 4.69) is 44.8 Å². The molecule has 1 N–H and O–H groups in total. The van der Waals surface area contributed by atoms with Crippen LogP contribution in [0.4, 0.5) is 0 Å². The quantitative estimate of drug-likeness (QED) is 0.775. The van der Waals surface area contributed by atoms with Crippen LogP contribution in [0.25, 0.3) is 0 Å². The Balaban J connectivity index is 2.63. The van der Waals surface area contributed by atoms with Gasteiger partial charge in [-0.2, -0.15) is 0 Å². The highest BCUT2D eigenvalue weighted by molar-refractivity contribution is 4.89. The molecule has 2 nitrogen and oxygen atoms in total. The Bertz CT molecular complexity index is 191. The van der Waals surface area contributed by atoms with Crippen molar-refractivity contribution in [2.45, 2.75) is 72.0 Å². The first-order valence-electron chi connectivity index (χ1n) is 7.09. The largest absolute Gasteiger partial charge is 0.311 e. The molecule has 2 heteroatoms. The van der Waals surface area contributed by atoms with Crippen molar-refractivity contribution in [1.82, 2.24) is 10.2 Å². The minimum atomic E-state index is 0.703. The molecular formula is C14H30N2. The molecule has 3 unspecified atom stereocenters. The number of nitrogens with one attached hydrogen (secondary N) is 1. The van der Waals surface area contributed by atoms with Crippen molar-refractivity contribution >= 4 is 0 Å². The van der Waals surface area contributed by atoms with E-state index in [0.29, 0.717) is 6.04 Å². The average molecular weight is 226 g/mol. The van der Waals surface area contributed by atoms with Crippen LogP contribution in [0.15, 0.2) is 0 Å². The lowest BCUT2D eigenvalue weighted by molar-refractivity contribution is 0.0577. The Kier molecular flexibility index (Phi) is 5.77. The van der Waals surface area contributed by atoms with Crippen molar-refractivity contribution in [3.05, 3.63) is 0 Å². The van der Waals surface area contributed by atoms with E-state index in [1.807, 2.05) is 0 Å². The van der Waals surface area contributed by atoms with Crippen LogP contribution < -0.4 is 5.32 Å². The van der Waals surface area contributed by atoms with Gasteiger partial charge in [-0.25, -0.2) is 0 Å². The van der Waals surface area contributed by atoms with Gasteiger partial charge in [-0.15, -0.1) is 0 Å². The summed E-state index contributed by atoms with van der Waals surface area (Å²) in [6.07, 6.45) is 3.88. The molecule has 0 amide bonds. The second kappa shape index (κ2) is 6.61. The van der Waals surface area contributed by atoms with Crippen LogP contribution in [0.3, 0.4) is 0 Å². The molecular weight excluding hydrogens is 196 g/mol. The maximum atomic E-state index is 3.69. The van der Waals surface area contributed by atoms with E-state index in [0.717, 1.165) is 18.0 Å². The second-order valence-corrected chi connectivity index (χ2v) is 5.66. The Morgan fingerprint density at radius 1 is 1.25 bits per heavy atom. The normalized spacial score (nSPS) is 29.6. The molecule has 0 radical (unpaired) electrons. The number of hydrogen-bond donors (Lipinski definition) is 1. The minimum Gasteiger partial charge on any atom is -0.311 e. The summed E-state index contributed by atoms with van der Waals surface area (Å²) in [7, 11) is 0. The Morgan fingerprint density at radius 3 is 2.44 bits per heavy atom. The summed E-state index contributed by atoms with van der Waals surface area (Å²) in [5, 5.41) is 3.69. The molecule has 1 fully saturated rings. The minimum absolute atomic E-state index is 0.703. The smallest absolute Gasteiger partial charge is 0.0247 e. The number of hydrogen-bond acceptors (Lipinski definition) is 2. The molecule has 0 saturated carbocycles. The monoisotopic (exact) mass is 226 g/mol. The molecule has 1 rings (SSSR count). The van der Waals surface area contributed by atoms with Gasteiger partial charge in [0.05, 0.1) is 0 Å². The predicted octanol–water partition coefficient (Wildman–Crippen LogP) is 2.88. The van der Waals surface area contributed by atoms with Gasteiger partial charge in [-0.05, 0) is 25.7 Å². The number of rotatable bonds is 5. The van der Waals surface area contributed by atoms with Crippen LogP contribution >= 0.6 is 0 Å². The van der Waals surface area contributed by atoms with Crippen LogP contribution in [0.2, 0.25) is 0 Å². The first-order valence-corrected chi connectivity index (χ1v) is 7.09. The third-order valence-corrected chi connectivity index (χ3v) is 4.01. The molecule has 16 heavy (non-hydrogen) atoms. The summed E-state index contributed by atoms with van der Waals surface area (Å²) in [6.45, 7) is 14.1. The summed E-state index contributed by atoms with van der Waals surface area (Å²) in [4.78, 5) is 2.75. The SMILES string of the molecule is CCCC(C)N1CC(CC)NCC1C(C)C. The van der Waals surface area contributed by atoms with E-state index in [9.17, 15) is 0 Å². The summed E-state index contributed by atoms with van der Waals surface area (Å²) < 4.78 is 0. The van der Waals surface area contributed by atoms with Crippen molar-refractivity contribution in [2.24, 2.45) is 5.92 Å². The maximum Gasteiger partial charge on any atom is 0.0247 e. The third kappa shape index (κ3) is 3.46. The van der Waals surface area contributed by atoms with Crippen molar-refractivity contribution in [3.63, 3.8) is 0 Å². The van der Waals surface area contributed by atoms with Crippen LogP contribution in [-0.2, 0) is 0 Å². The number of nitrogens with zero attached hydrogens (tertiary/aromatic N) is 1. The molecule has 0 aromatic rings. The number of piperazine rings is 1. The van der Waals surface area contributed by atoms with Gasteiger partial charge in [0.2, 0.25) is 0 Å². The van der Waals surface area contributed by atoms with Crippen molar-refractivity contribution in [3.8, 4) is 0 Å². The zero-order valence-corrected chi connectivity index (χ0v) is 11.8. The van der Waals surface area contributed by atoms with Gasteiger partial charge in [-0.3, -0.25) is 4.90 Å². The molecule has 0 aromatic heterocycles. The van der Waals surface area contributed by atoms with Gasteiger partial charge in [0.15, 0.2) is 0 Å². The van der Waals surface area contributed by atoms with Crippen molar-refractivity contribution in [2.75, 3.05) is 13.1 Å². The molecule has 3 atom stereocenters. The fourth-order valence-corrected chi connectivity index (χ4v) is 2.84. The average Bonchev–Trinajstić information content (AvgIpc) is 2.28. The highest BCUT2D eigenvalue weighted by Crippen LogP contribution is 2.21. The van der Waals surface area contributed by atoms with E-state index >= 15 is 0 Å². The van der Waals surface area contributed by atoms with Gasteiger partial charge in [0.1, 0.15) is 0 Å². The topological polar surface area (TPSA) is 15.3 Å². The van der Waals surface area contributed by atoms with E-state index < -0.39 is 0 Å². The summed E-state index contributed by atoms with van der Waals surface area (Å²) in [5.41, 5.74) is 0. The van der Waals surface area contributed by atoms with E-state index in [4.69, 9.17) is 0 Å². The first-order chi connectivity index (χ1) is 7.60. The summed E-state index contributed by atoms with van der Waals surface area (Å²) in [6, 6.07) is 2.17. The highest BCUT2D eigenvalue weighted by atomic mass is 15.3. The van der Waals surface area contributed by atoms with Crippen molar-refractivity contribution < 1.29 is 0 Å². The molecule has 1 saturated heterocycles. The predicted molar refractivity (Wildman–Crippen MR) is 71.8 cm³/mol. The third-order valence-electron chi connectivity index (χ3n) is 4.01. The van der Waals surface area contributed by atoms with Crippen LogP contribution in [0, 0.1) is 5.92 Å². The van der Waals surface area contributed by atoms with Gasteiger partial charge in [-0.1, -0.05) is 34.1 Å². The summed E-state index contributed by atoms with van der Waals surface area (Å²) >= 11 is 0. The van der Waals surface area contributed by atoms with E-state index in [1.54, 1.807) is 0 Å². The summed E-state index contributed by atoms with van der Waals surface area (Å²) in [5.74, 6) is 0.754. The Labute approximate surface area is 102 Å². The molecule has 1 heterocycles. The maximum absolute atomic E-state index is 3.69. The fraction of sp³-hybridized carbons (Fsp3) is 1.00. The lowest BCUT2D eigenvalue weighted by Gasteiger charge is -2.45. The van der Waals surface area contributed by atoms with Gasteiger partial charge < -0.3 is 5.32 Å². The molecule has 0 bridgehead atoms. The second-order valence-electron chi connectivity index (χ2n) is 5.66. The zero-order chi connectivity index (χ0) is 12.1. The van der Waals surface area contributed by atoms with Crippen LogP contribution in [0.1, 0.15) is 53.9 Å². The van der Waals surface area contributed by atoms with Gasteiger partial charge in [0.25, 0.3) is 0 Å². The zero-order valence-electron chi connectivity index (χ0n) is 11.8. The van der Waals surface area contributed by atoms with Gasteiger partial charge in [0, 0.05) is 31.2 Å². The van der Waals surface area contributed by atoms with E-state index in [-0.39, 0.29) is 0 Å². The van der Waals surface area contributed by atoms with Gasteiger partial charge >= 0.3 is 0 Å². The molecule has 0 aromatic carbocycles. The molecule has 0 spiro atoms.